The van der Waals surface area contributed by atoms with Crippen LogP contribution in [0, 0.1) is 5.41 Å². The van der Waals surface area contributed by atoms with E-state index in [1.807, 2.05) is 19.1 Å². The summed E-state index contributed by atoms with van der Waals surface area (Å²) in [6.45, 7) is 3.40. The van der Waals surface area contributed by atoms with E-state index in [-0.39, 0.29) is 16.9 Å². The Morgan fingerprint density at radius 3 is 2.89 bits per heavy atom. The number of nitrogens with one attached hydrogen (secondary N) is 1. The molecule has 0 aromatic heterocycles. The van der Waals surface area contributed by atoms with Crippen molar-refractivity contribution >= 4 is 15.5 Å². The zero-order valence-corrected chi connectivity index (χ0v) is 11.9. The molecule has 2 aliphatic rings. The molecule has 4 nitrogen and oxygen atoms in total. The molecule has 0 bridgehead atoms. The second kappa shape index (κ2) is 4.40. The summed E-state index contributed by atoms with van der Waals surface area (Å²) in [6.07, 6.45) is 2.22. The third kappa shape index (κ3) is 2.56. The van der Waals surface area contributed by atoms with E-state index in [1.54, 1.807) is 0 Å². The average Bonchev–Trinajstić information content (AvgIpc) is 2.34. The van der Waals surface area contributed by atoms with Crippen LogP contribution < -0.4 is 10.1 Å². The number of anilines is 1. The number of sulfone groups is 1. The van der Waals surface area contributed by atoms with Gasteiger partial charge in [-0.1, -0.05) is 19.1 Å². The van der Waals surface area contributed by atoms with Gasteiger partial charge in [-0.3, -0.25) is 0 Å². The molecule has 0 spiro atoms. The first-order valence-corrected chi connectivity index (χ1v) is 8.49. The largest absolute Gasteiger partial charge is 0.491 e. The van der Waals surface area contributed by atoms with Gasteiger partial charge in [-0.15, -0.1) is 0 Å². The van der Waals surface area contributed by atoms with Crippen LogP contribution in [-0.4, -0.2) is 33.1 Å². The summed E-state index contributed by atoms with van der Waals surface area (Å²) in [6, 6.07) is 6.07. The molecule has 1 aromatic rings. The third-order valence-corrected chi connectivity index (χ3v) is 6.02. The molecule has 1 fully saturated rings. The third-order valence-electron chi connectivity index (χ3n) is 3.75. The maximum atomic E-state index is 11.3. The summed E-state index contributed by atoms with van der Waals surface area (Å²) in [5, 5.41) is 3.38. The lowest BCUT2D eigenvalue weighted by Crippen LogP contribution is -2.50. The molecule has 2 heterocycles. The maximum absolute atomic E-state index is 11.3. The predicted molar refractivity (Wildman–Crippen MR) is 75.5 cm³/mol. The smallest absolute Gasteiger partial charge is 0.151 e. The van der Waals surface area contributed by atoms with Gasteiger partial charge in [0.15, 0.2) is 9.84 Å². The van der Waals surface area contributed by atoms with Crippen LogP contribution in [0.4, 0.5) is 5.69 Å². The number of aryl methyl sites for hydroxylation is 1. The average molecular weight is 281 g/mol. The van der Waals surface area contributed by atoms with Crippen molar-refractivity contribution in [2.75, 3.05) is 30.0 Å². The molecule has 2 aliphatic heterocycles. The molecule has 0 radical (unpaired) electrons. The molecule has 0 saturated carbocycles. The van der Waals surface area contributed by atoms with Crippen LogP contribution in [0.2, 0.25) is 0 Å². The highest BCUT2D eigenvalue weighted by molar-refractivity contribution is 7.92. The molecule has 5 heteroatoms. The van der Waals surface area contributed by atoms with Gasteiger partial charge in [-0.25, -0.2) is 8.42 Å². The Morgan fingerprint density at radius 1 is 1.37 bits per heavy atom. The number of benzene rings is 1. The molecule has 1 saturated heterocycles. The van der Waals surface area contributed by atoms with Gasteiger partial charge in [0.2, 0.25) is 0 Å². The number of rotatable bonds is 3. The van der Waals surface area contributed by atoms with Gasteiger partial charge in [-0.2, -0.15) is 0 Å². The van der Waals surface area contributed by atoms with Gasteiger partial charge in [-0.05, 0) is 24.5 Å². The van der Waals surface area contributed by atoms with Crippen molar-refractivity contribution in [1.82, 2.24) is 0 Å². The fourth-order valence-electron chi connectivity index (χ4n) is 2.95. The number of hydrogen-bond acceptors (Lipinski definition) is 4. The van der Waals surface area contributed by atoms with Gasteiger partial charge in [0.05, 0.1) is 23.8 Å². The standard InChI is InChI=1S/C14H19NO3S/c1-14(9-19(16,17)10-14)8-18-12-6-2-4-11-5-3-7-15-13(11)12/h2,4,6,15H,3,5,7-10H2,1H3. The highest BCUT2D eigenvalue weighted by Gasteiger charge is 2.45. The van der Waals surface area contributed by atoms with E-state index in [4.69, 9.17) is 4.74 Å². The zero-order chi connectivity index (χ0) is 13.5. The zero-order valence-electron chi connectivity index (χ0n) is 11.1. The van der Waals surface area contributed by atoms with E-state index in [2.05, 4.69) is 11.4 Å². The summed E-state index contributed by atoms with van der Waals surface area (Å²) < 4.78 is 28.4. The van der Waals surface area contributed by atoms with Crippen molar-refractivity contribution in [3.05, 3.63) is 23.8 Å². The van der Waals surface area contributed by atoms with Crippen molar-refractivity contribution in [2.45, 2.75) is 19.8 Å². The highest BCUT2D eigenvalue weighted by atomic mass is 32.2. The molecule has 104 valence electrons. The van der Waals surface area contributed by atoms with Gasteiger partial charge in [0, 0.05) is 12.0 Å². The van der Waals surface area contributed by atoms with Crippen molar-refractivity contribution < 1.29 is 13.2 Å². The molecule has 0 aliphatic carbocycles. The minimum Gasteiger partial charge on any atom is -0.491 e. The lowest BCUT2D eigenvalue weighted by atomic mass is 9.96. The summed E-state index contributed by atoms with van der Waals surface area (Å²) in [5.74, 6) is 1.33. The molecule has 1 N–H and O–H groups in total. The molecule has 1 aromatic carbocycles. The van der Waals surface area contributed by atoms with Crippen LogP contribution in [0.25, 0.3) is 0 Å². The van der Waals surface area contributed by atoms with Crippen molar-refractivity contribution in [1.29, 1.82) is 0 Å². The number of para-hydroxylation sites is 1. The molecule has 0 atom stereocenters. The first kappa shape index (κ1) is 12.8. The van der Waals surface area contributed by atoms with Gasteiger partial charge in [0.25, 0.3) is 0 Å². The summed E-state index contributed by atoms with van der Waals surface area (Å²) >= 11 is 0. The first-order valence-electron chi connectivity index (χ1n) is 6.67. The molecule has 0 unspecified atom stereocenters. The minimum absolute atomic E-state index is 0.226. The second-order valence-electron chi connectivity index (χ2n) is 5.95. The fourth-order valence-corrected chi connectivity index (χ4v) is 5.16. The van der Waals surface area contributed by atoms with Crippen LogP contribution in [0.3, 0.4) is 0 Å². The SMILES string of the molecule is CC1(COc2cccc3c2NCCC3)CS(=O)(=O)C1. The van der Waals surface area contributed by atoms with Crippen molar-refractivity contribution in [3.8, 4) is 5.75 Å². The molecule has 3 rings (SSSR count). The Hall–Kier alpha value is -1.23. The molecular weight excluding hydrogens is 262 g/mol. The Kier molecular flexibility index (Phi) is 2.96. The summed E-state index contributed by atoms with van der Waals surface area (Å²) in [7, 11) is -2.81. The quantitative estimate of drug-likeness (QED) is 0.919. The van der Waals surface area contributed by atoms with E-state index in [0.29, 0.717) is 6.61 Å². The van der Waals surface area contributed by atoms with Gasteiger partial charge < -0.3 is 10.1 Å². The molecule has 19 heavy (non-hydrogen) atoms. The topological polar surface area (TPSA) is 55.4 Å². The number of fused-ring (bicyclic) bond motifs is 1. The molecular formula is C14H19NO3S. The van der Waals surface area contributed by atoms with Crippen LogP contribution in [0.5, 0.6) is 5.75 Å². The Bertz CT molecular complexity index is 583. The van der Waals surface area contributed by atoms with Gasteiger partial charge in [0.1, 0.15) is 5.75 Å². The van der Waals surface area contributed by atoms with E-state index < -0.39 is 9.84 Å². The van der Waals surface area contributed by atoms with E-state index >= 15 is 0 Å². The van der Waals surface area contributed by atoms with Crippen molar-refractivity contribution in [3.63, 3.8) is 0 Å². The van der Waals surface area contributed by atoms with E-state index in [0.717, 1.165) is 30.8 Å². The van der Waals surface area contributed by atoms with Crippen molar-refractivity contribution in [2.24, 2.45) is 5.41 Å². The van der Waals surface area contributed by atoms with E-state index in [1.165, 1.54) is 5.56 Å². The lowest BCUT2D eigenvalue weighted by molar-refractivity contribution is 0.188. The fraction of sp³-hybridized carbons (Fsp3) is 0.571. The van der Waals surface area contributed by atoms with Crippen LogP contribution >= 0.6 is 0 Å². The Labute approximate surface area is 114 Å². The minimum atomic E-state index is -2.81. The first-order chi connectivity index (χ1) is 8.98. The summed E-state index contributed by atoms with van der Waals surface area (Å²) in [4.78, 5) is 0. The van der Waals surface area contributed by atoms with Crippen LogP contribution in [0.15, 0.2) is 18.2 Å². The Balaban J connectivity index is 1.71. The van der Waals surface area contributed by atoms with Crippen LogP contribution in [-0.2, 0) is 16.3 Å². The highest BCUT2D eigenvalue weighted by Crippen LogP contribution is 2.36. The molecule has 0 amide bonds. The Morgan fingerprint density at radius 2 is 2.16 bits per heavy atom. The van der Waals surface area contributed by atoms with Crippen LogP contribution in [0.1, 0.15) is 18.9 Å². The summed E-state index contributed by atoms with van der Waals surface area (Å²) in [5.41, 5.74) is 2.14. The lowest BCUT2D eigenvalue weighted by Gasteiger charge is -2.37. The predicted octanol–water partition coefficient (Wildman–Crippen LogP) is 1.86. The second-order valence-corrected chi connectivity index (χ2v) is 8.02. The van der Waals surface area contributed by atoms with Gasteiger partial charge >= 0.3 is 0 Å². The number of hydrogen-bond donors (Lipinski definition) is 1. The normalized spacial score (nSPS) is 22.8. The monoisotopic (exact) mass is 281 g/mol. The number of ether oxygens (including phenoxy) is 1. The van der Waals surface area contributed by atoms with E-state index in [9.17, 15) is 8.42 Å². The maximum Gasteiger partial charge on any atom is 0.151 e.